The fourth-order valence-electron chi connectivity index (χ4n) is 3.95. The topological polar surface area (TPSA) is 97.6 Å². The molecule has 0 aliphatic rings. The van der Waals surface area contributed by atoms with E-state index >= 15 is 0 Å². The van der Waals surface area contributed by atoms with Crippen LogP contribution in [0.5, 0.6) is 5.75 Å². The van der Waals surface area contributed by atoms with Crippen LogP contribution in [0.1, 0.15) is 21.5 Å². The molecule has 8 nitrogen and oxygen atoms in total. The van der Waals surface area contributed by atoms with Gasteiger partial charge in [-0.3, -0.25) is 9.59 Å². The number of hydrogen-bond donors (Lipinski definition) is 2. The van der Waals surface area contributed by atoms with Crippen LogP contribution >= 0.6 is 11.6 Å². The van der Waals surface area contributed by atoms with Gasteiger partial charge in [0.2, 0.25) is 0 Å². The average molecular weight is 564 g/mol. The summed E-state index contributed by atoms with van der Waals surface area (Å²) in [6.45, 7) is 0.236. The molecule has 2 N–H and O–H groups in total. The number of nitrogens with one attached hydrogen (secondary N) is 2. The first kappa shape index (κ1) is 27.4. The Bertz CT molecular complexity index is 1640. The summed E-state index contributed by atoms with van der Waals surface area (Å²) in [5, 5.41) is 12.0. The summed E-state index contributed by atoms with van der Waals surface area (Å²) in [4.78, 5) is 24.6. The molecule has 0 aliphatic heterocycles. The molecule has 0 saturated heterocycles. The Morgan fingerprint density at radius 2 is 1.56 bits per heavy atom. The Morgan fingerprint density at radius 3 is 2.27 bits per heavy atom. The van der Waals surface area contributed by atoms with Gasteiger partial charge in [-0.15, -0.1) is 0 Å². The highest BCUT2D eigenvalue weighted by Gasteiger charge is 2.12. The van der Waals surface area contributed by atoms with Crippen molar-refractivity contribution in [2.75, 3.05) is 6.54 Å². The van der Waals surface area contributed by atoms with E-state index in [1.165, 1.54) is 6.21 Å². The van der Waals surface area contributed by atoms with Crippen LogP contribution in [0, 0.1) is 0 Å². The maximum Gasteiger partial charge on any atom is 0.259 e. The van der Waals surface area contributed by atoms with E-state index in [1.54, 1.807) is 28.9 Å². The number of hydrogen-bond acceptors (Lipinski definition) is 5. The van der Waals surface area contributed by atoms with E-state index in [0.29, 0.717) is 28.5 Å². The molecule has 0 unspecified atom stereocenters. The van der Waals surface area contributed by atoms with Crippen molar-refractivity contribution in [3.8, 4) is 22.7 Å². The van der Waals surface area contributed by atoms with E-state index in [-0.39, 0.29) is 12.5 Å². The van der Waals surface area contributed by atoms with Crippen LogP contribution in [0.4, 0.5) is 0 Å². The third kappa shape index (κ3) is 7.46. The molecule has 204 valence electrons. The molecule has 0 bridgehead atoms. The fraction of sp³-hybridized carbons (Fsp3) is 0.0625. The van der Waals surface area contributed by atoms with Crippen molar-refractivity contribution in [2.45, 2.75) is 6.61 Å². The Kier molecular flexibility index (Phi) is 8.83. The minimum atomic E-state index is -0.472. The molecule has 0 atom stereocenters. The molecule has 2 amide bonds. The minimum absolute atomic E-state index is 0.237. The number of carbonyl (C=O) groups excluding carboxylic acids is 2. The van der Waals surface area contributed by atoms with Crippen LogP contribution in [-0.2, 0) is 11.4 Å². The van der Waals surface area contributed by atoms with Crippen LogP contribution in [0.15, 0.2) is 120 Å². The number of aromatic nitrogens is 2. The Balaban J connectivity index is 1.27. The summed E-state index contributed by atoms with van der Waals surface area (Å²) in [5.74, 6) is -0.118. The van der Waals surface area contributed by atoms with Crippen LogP contribution < -0.4 is 15.5 Å². The number of benzene rings is 4. The monoisotopic (exact) mass is 563 g/mol. The summed E-state index contributed by atoms with van der Waals surface area (Å²) >= 11 is 5.86. The third-order valence-corrected chi connectivity index (χ3v) is 6.30. The van der Waals surface area contributed by atoms with Gasteiger partial charge >= 0.3 is 0 Å². The van der Waals surface area contributed by atoms with Crippen molar-refractivity contribution in [2.24, 2.45) is 5.10 Å². The standard InChI is InChI=1S/C32H26ClN5O3/c33-27-15-11-25(12-16-27)32(40)34-20-30(39)36-35-19-26-21-38(28-9-5-2-6-10-28)37-31(26)24-13-17-29(18-14-24)41-22-23-7-3-1-4-8-23/h1-19,21H,20,22H2,(H,34,40)(H,36,39)/b35-19+. The lowest BCUT2D eigenvalue weighted by molar-refractivity contribution is -0.120. The number of halogens is 1. The normalized spacial score (nSPS) is 10.9. The van der Waals surface area contributed by atoms with E-state index in [9.17, 15) is 9.59 Å². The fourth-order valence-corrected chi connectivity index (χ4v) is 4.07. The van der Waals surface area contributed by atoms with Crippen LogP contribution in [0.25, 0.3) is 16.9 Å². The molecule has 4 aromatic carbocycles. The minimum Gasteiger partial charge on any atom is -0.489 e. The summed E-state index contributed by atoms with van der Waals surface area (Å²) in [7, 11) is 0. The lowest BCUT2D eigenvalue weighted by atomic mass is 10.1. The lowest BCUT2D eigenvalue weighted by Gasteiger charge is -2.07. The molecule has 1 heterocycles. The van der Waals surface area contributed by atoms with Crippen LogP contribution in [0.3, 0.4) is 0 Å². The Labute approximate surface area is 242 Å². The van der Waals surface area contributed by atoms with Gasteiger partial charge < -0.3 is 10.1 Å². The smallest absolute Gasteiger partial charge is 0.259 e. The Morgan fingerprint density at radius 1 is 0.878 bits per heavy atom. The Hall–Kier alpha value is -5.21. The van der Waals surface area contributed by atoms with E-state index < -0.39 is 5.91 Å². The maximum atomic E-state index is 12.3. The van der Waals surface area contributed by atoms with Gasteiger partial charge in [-0.25, -0.2) is 10.1 Å². The molecule has 5 aromatic rings. The van der Waals surface area contributed by atoms with Gasteiger partial charge in [0.1, 0.15) is 18.1 Å². The molecule has 0 radical (unpaired) electrons. The van der Waals surface area contributed by atoms with Gasteiger partial charge in [0.15, 0.2) is 0 Å². The zero-order chi connectivity index (χ0) is 28.4. The molecule has 41 heavy (non-hydrogen) atoms. The van der Waals surface area contributed by atoms with Gasteiger partial charge in [-0.05, 0) is 66.2 Å². The van der Waals surface area contributed by atoms with E-state index in [4.69, 9.17) is 21.4 Å². The molecule has 0 aliphatic carbocycles. The number of nitrogens with zero attached hydrogens (tertiary/aromatic N) is 3. The highest BCUT2D eigenvalue weighted by molar-refractivity contribution is 6.30. The van der Waals surface area contributed by atoms with Crippen molar-refractivity contribution in [1.82, 2.24) is 20.5 Å². The molecular weight excluding hydrogens is 538 g/mol. The third-order valence-electron chi connectivity index (χ3n) is 6.05. The first-order valence-corrected chi connectivity index (χ1v) is 13.2. The molecule has 0 saturated carbocycles. The van der Waals surface area contributed by atoms with Crippen molar-refractivity contribution in [1.29, 1.82) is 0 Å². The SMILES string of the molecule is O=C(CNC(=O)c1ccc(Cl)cc1)N/N=C/c1cn(-c2ccccc2)nc1-c1ccc(OCc2ccccc2)cc1. The zero-order valence-electron chi connectivity index (χ0n) is 21.9. The molecule has 0 fully saturated rings. The van der Waals surface area contributed by atoms with Crippen LogP contribution in [0.2, 0.25) is 5.02 Å². The van der Waals surface area contributed by atoms with Crippen LogP contribution in [-0.4, -0.2) is 34.4 Å². The van der Waals surface area contributed by atoms with Gasteiger partial charge in [0.05, 0.1) is 18.4 Å². The zero-order valence-corrected chi connectivity index (χ0v) is 22.7. The largest absolute Gasteiger partial charge is 0.489 e. The number of amides is 2. The van der Waals surface area contributed by atoms with Gasteiger partial charge in [-0.2, -0.15) is 10.2 Å². The lowest BCUT2D eigenvalue weighted by Crippen LogP contribution is -2.34. The van der Waals surface area contributed by atoms with Gasteiger partial charge in [0.25, 0.3) is 11.8 Å². The number of ether oxygens (including phenoxy) is 1. The van der Waals surface area contributed by atoms with Crippen molar-refractivity contribution >= 4 is 29.6 Å². The van der Waals surface area contributed by atoms with Crippen molar-refractivity contribution in [3.63, 3.8) is 0 Å². The first-order valence-electron chi connectivity index (χ1n) is 12.8. The molecule has 0 spiro atoms. The van der Waals surface area contributed by atoms with Crippen molar-refractivity contribution in [3.05, 3.63) is 137 Å². The second-order valence-corrected chi connectivity index (χ2v) is 9.43. The second-order valence-electron chi connectivity index (χ2n) is 8.99. The number of para-hydroxylation sites is 1. The summed E-state index contributed by atoms with van der Waals surface area (Å²) in [6.07, 6.45) is 3.36. The summed E-state index contributed by atoms with van der Waals surface area (Å²) < 4.78 is 7.67. The second kappa shape index (κ2) is 13.2. The quantitative estimate of drug-likeness (QED) is 0.169. The predicted molar refractivity (Wildman–Crippen MR) is 159 cm³/mol. The number of rotatable bonds is 10. The molecule has 5 rings (SSSR count). The molecular formula is C32H26ClN5O3. The first-order chi connectivity index (χ1) is 20.0. The molecule has 1 aromatic heterocycles. The highest BCUT2D eigenvalue weighted by Crippen LogP contribution is 2.25. The van der Waals surface area contributed by atoms with E-state index in [0.717, 1.165) is 22.6 Å². The highest BCUT2D eigenvalue weighted by atomic mass is 35.5. The number of hydrazone groups is 1. The summed E-state index contributed by atoms with van der Waals surface area (Å²) in [5.41, 5.74) is 7.05. The predicted octanol–water partition coefficient (Wildman–Crippen LogP) is 5.65. The average Bonchev–Trinajstić information content (AvgIpc) is 3.44. The van der Waals surface area contributed by atoms with Gasteiger partial charge in [-0.1, -0.05) is 60.1 Å². The van der Waals surface area contributed by atoms with Gasteiger partial charge in [0, 0.05) is 27.9 Å². The molecule has 9 heteroatoms. The van der Waals surface area contributed by atoms with Crippen molar-refractivity contribution < 1.29 is 14.3 Å². The van der Waals surface area contributed by atoms with E-state index in [2.05, 4.69) is 15.8 Å². The van der Waals surface area contributed by atoms with E-state index in [1.807, 2.05) is 91.1 Å². The summed E-state index contributed by atoms with van der Waals surface area (Å²) in [6, 6.07) is 33.7. The number of carbonyl (C=O) groups is 2. The maximum absolute atomic E-state index is 12.3.